The maximum absolute atomic E-state index is 12.3. The average molecular weight is 315 g/mol. The maximum Gasteiger partial charge on any atom is 0.291 e. The molecule has 0 saturated carbocycles. The van der Waals surface area contributed by atoms with Gasteiger partial charge in [-0.2, -0.15) is 0 Å². The summed E-state index contributed by atoms with van der Waals surface area (Å²) in [6, 6.07) is 16.7. The number of hydrogen-bond donors (Lipinski definition) is 1. The number of aromatic nitrogens is 2. The minimum atomic E-state index is -0.317. The average Bonchev–Trinajstić information content (AvgIpc) is 3.12. The summed E-state index contributed by atoms with van der Waals surface area (Å²) < 4.78 is 5.74. The normalized spacial score (nSPS) is 10.7. The van der Waals surface area contributed by atoms with Crippen LogP contribution in [0.2, 0.25) is 0 Å². The Hall–Kier alpha value is -3.47. The second kappa shape index (κ2) is 5.96. The van der Waals surface area contributed by atoms with Crippen molar-refractivity contribution in [1.82, 2.24) is 9.97 Å². The van der Waals surface area contributed by atoms with E-state index in [1.54, 1.807) is 42.9 Å². The molecule has 0 atom stereocenters. The molecule has 0 spiro atoms. The van der Waals surface area contributed by atoms with Crippen molar-refractivity contribution in [2.45, 2.75) is 0 Å². The molecular formula is C19H13N3O2. The van der Waals surface area contributed by atoms with Crippen LogP contribution in [0.25, 0.3) is 22.2 Å². The number of para-hydroxylation sites is 1. The van der Waals surface area contributed by atoms with Crippen molar-refractivity contribution in [2.75, 3.05) is 5.32 Å². The van der Waals surface area contributed by atoms with Gasteiger partial charge in [0.05, 0.1) is 17.4 Å². The predicted molar refractivity (Wildman–Crippen MR) is 91.6 cm³/mol. The first kappa shape index (κ1) is 14.1. The fraction of sp³-hybridized carbons (Fsp3) is 0. The van der Waals surface area contributed by atoms with Crippen molar-refractivity contribution in [1.29, 1.82) is 0 Å². The molecule has 24 heavy (non-hydrogen) atoms. The van der Waals surface area contributed by atoms with Gasteiger partial charge in [0.1, 0.15) is 5.76 Å². The smallest absolute Gasteiger partial charge is 0.291 e. The molecule has 1 amide bonds. The summed E-state index contributed by atoms with van der Waals surface area (Å²) in [6.07, 6.45) is 4.97. The number of carbonyl (C=O) groups is 1. The Morgan fingerprint density at radius 3 is 2.71 bits per heavy atom. The minimum absolute atomic E-state index is 0.238. The number of furan rings is 1. The van der Waals surface area contributed by atoms with Crippen LogP contribution in [-0.4, -0.2) is 15.9 Å². The van der Waals surface area contributed by atoms with E-state index in [9.17, 15) is 4.79 Å². The molecule has 1 aromatic carbocycles. The summed E-state index contributed by atoms with van der Waals surface area (Å²) in [5.74, 6) is 0.528. The van der Waals surface area contributed by atoms with Crippen LogP contribution < -0.4 is 5.32 Å². The zero-order chi connectivity index (χ0) is 16.4. The highest BCUT2D eigenvalue weighted by molar-refractivity contribution is 6.02. The van der Waals surface area contributed by atoms with Gasteiger partial charge in [-0.05, 0) is 36.4 Å². The molecule has 5 nitrogen and oxygen atoms in total. The summed E-state index contributed by atoms with van der Waals surface area (Å²) in [6.45, 7) is 0. The Kier molecular flexibility index (Phi) is 3.51. The summed E-state index contributed by atoms with van der Waals surface area (Å²) in [5.41, 5.74) is 2.31. The summed E-state index contributed by atoms with van der Waals surface area (Å²) in [5, 5.41) is 3.77. The molecule has 0 unspecified atom stereocenters. The van der Waals surface area contributed by atoms with Crippen molar-refractivity contribution in [3.05, 3.63) is 78.9 Å². The number of pyridine rings is 2. The molecule has 0 radical (unpaired) electrons. The number of benzene rings is 1. The Bertz CT molecular complexity index is 1000. The third-order valence-electron chi connectivity index (χ3n) is 3.65. The number of fused-ring (bicyclic) bond motifs is 1. The number of hydrogen-bond acceptors (Lipinski definition) is 4. The highest BCUT2D eigenvalue weighted by Gasteiger charge is 2.14. The van der Waals surface area contributed by atoms with E-state index in [0.717, 1.165) is 16.5 Å². The van der Waals surface area contributed by atoms with Gasteiger partial charge in [0.25, 0.3) is 5.91 Å². The number of nitrogens with zero attached hydrogens (tertiary/aromatic N) is 2. The zero-order valence-corrected chi connectivity index (χ0v) is 12.6. The van der Waals surface area contributed by atoms with Crippen molar-refractivity contribution in [3.63, 3.8) is 0 Å². The van der Waals surface area contributed by atoms with Gasteiger partial charge in [0.15, 0.2) is 5.76 Å². The molecule has 0 aliphatic rings. The molecular weight excluding hydrogens is 302 g/mol. The first-order valence-corrected chi connectivity index (χ1v) is 7.46. The van der Waals surface area contributed by atoms with E-state index in [2.05, 4.69) is 15.3 Å². The highest BCUT2D eigenvalue weighted by atomic mass is 16.3. The van der Waals surface area contributed by atoms with E-state index in [4.69, 9.17) is 4.42 Å². The third-order valence-corrected chi connectivity index (χ3v) is 3.65. The van der Waals surface area contributed by atoms with E-state index in [0.29, 0.717) is 11.4 Å². The van der Waals surface area contributed by atoms with Crippen LogP contribution in [0, 0.1) is 0 Å². The maximum atomic E-state index is 12.3. The molecule has 0 aliphatic carbocycles. The van der Waals surface area contributed by atoms with Crippen LogP contribution in [0.5, 0.6) is 0 Å². The lowest BCUT2D eigenvalue weighted by Gasteiger charge is -2.03. The molecule has 4 rings (SSSR count). The van der Waals surface area contributed by atoms with Crippen molar-refractivity contribution >= 4 is 22.5 Å². The van der Waals surface area contributed by atoms with Crippen molar-refractivity contribution in [2.24, 2.45) is 0 Å². The summed E-state index contributed by atoms with van der Waals surface area (Å²) in [4.78, 5) is 20.6. The molecule has 0 aliphatic heterocycles. The first-order chi connectivity index (χ1) is 11.8. The number of anilines is 1. The molecule has 0 fully saturated rings. The van der Waals surface area contributed by atoms with Crippen LogP contribution >= 0.6 is 0 Å². The SMILES string of the molecule is O=C(Nc1cccnc1)c1ccc(-c2cccc3cccnc23)o1. The van der Waals surface area contributed by atoms with Gasteiger partial charge in [0.2, 0.25) is 0 Å². The highest BCUT2D eigenvalue weighted by Crippen LogP contribution is 2.28. The molecule has 0 saturated heterocycles. The van der Waals surface area contributed by atoms with Crippen LogP contribution in [0.4, 0.5) is 5.69 Å². The van der Waals surface area contributed by atoms with Gasteiger partial charge in [-0.3, -0.25) is 14.8 Å². The van der Waals surface area contributed by atoms with Crippen LogP contribution in [0.15, 0.2) is 77.6 Å². The van der Waals surface area contributed by atoms with Gasteiger partial charge in [-0.1, -0.05) is 18.2 Å². The van der Waals surface area contributed by atoms with E-state index in [1.807, 2.05) is 30.3 Å². The largest absolute Gasteiger partial charge is 0.451 e. The number of rotatable bonds is 3. The number of amides is 1. The minimum Gasteiger partial charge on any atom is -0.451 e. The summed E-state index contributed by atoms with van der Waals surface area (Å²) in [7, 11) is 0. The lowest BCUT2D eigenvalue weighted by Crippen LogP contribution is -2.10. The molecule has 5 heteroatoms. The Morgan fingerprint density at radius 1 is 0.958 bits per heavy atom. The van der Waals surface area contributed by atoms with Gasteiger partial charge in [-0.25, -0.2) is 0 Å². The van der Waals surface area contributed by atoms with E-state index >= 15 is 0 Å². The second-order valence-corrected chi connectivity index (χ2v) is 5.24. The zero-order valence-electron chi connectivity index (χ0n) is 12.6. The number of carbonyl (C=O) groups excluding carboxylic acids is 1. The molecule has 3 aromatic heterocycles. The van der Waals surface area contributed by atoms with E-state index < -0.39 is 0 Å². The van der Waals surface area contributed by atoms with Crippen LogP contribution in [0.3, 0.4) is 0 Å². The van der Waals surface area contributed by atoms with Gasteiger partial charge < -0.3 is 9.73 Å². The van der Waals surface area contributed by atoms with Gasteiger partial charge in [0, 0.05) is 23.3 Å². The molecule has 4 aromatic rings. The lowest BCUT2D eigenvalue weighted by atomic mass is 10.1. The first-order valence-electron chi connectivity index (χ1n) is 7.46. The molecule has 0 bridgehead atoms. The Morgan fingerprint density at radius 2 is 1.83 bits per heavy atom. The Labute approximate surface area is 138 Å². The van der Waals surface area contributed by atoms with E-state index in [1.165, 1.54) is 0 Å². The predicted octanol–water partition coefficient (Wildman–Crippen LogP) is 4.14. The van der Waals surface area contributed by atoms with Gasteiger partial charge >= 0.3 is 0 Å². The monoisotopic (exact) mass is 315 g/mol. The molecule has 116 valence electrons. The third kappa shape index (κ3) is 2.63. The molecule has 3 heterocycles. The summed E-state index contributed by atoms with van der Waals surface area (Å²) >= 11 is 0. The van der Waals surface area contributed by atoms with Gasteiger partial charge in [-0.15, -0.1) is 0 Å². The van der Waals surface area contributed by atoms with Crippen LogP contribution in [0.1, 0.15) is 10.6 Å². The standard InChI is InChI=1S/C19H13N3O2/c23-19(22-14-6-3-10-20-12-14)17-9-8-16(24-17)15-7-1-4-13-5-2-11-21-18(13)15/h1-12H,(H,22,23). The van der Waals surface area contributed by atoms with E-state index in [-0.39, 0.29) is 11.7 Å². The lowest BCUT2D eigenvalue weighted by molar-refractivity contribution is 0.0997. The quantitative estimate of drug-likeness (QED) is 0.617. The Balaban J connectivity index is 1.66. The second-order valence-electron chi connectivity index (χ2n) is 5.24. The van der Waals surface area contributed by atoms with Crippen molar-refractivity contribution < 1.29 is 9.21 Å². The fourth-order valence-electron chi connectivity index (χ4n) is 2.54. The van der Waals surface area contributed by atoms with Crippen molar-refractivity contribution in [3.8, 4) is 11.3 Å². The molecule has 1 N–H and O–H groups in total. The van der Waals surface area contributed by atoms with Crippen LogP contribution in [-0.2, 0) is 0 Å². The number of nitrogens with one attached hydrogen (secondary N) is 1. The fourth-order valence-corrected chi connectivity index (χ4v) is 2.54. The topological polar surface area (TPSA) is 68.0 Å².